The maximum Gasteiger partial charge on any atom is 0.410 e. The Morgan fingerprint density at radius 3 is 2.58 bits per heavy atom. The Morgan fingerprint density at radius 1 is 1.06 bits per heavy atom. The second-order valence-corrected chi connectivity index (χ2v) is 7.94. The van der Waals surface area contributed by atoms with Gasteiger partial charge >= 0.3 is 6.18 Å². The predicted molar refractivity (Wildman–Crippen MR) is 111 cm³/mol. The first-order valence-corrected chi connectivity index (χ1v) is 10.3. The normalized spacial score (nSPS) is 20.5. The summed E-state index contributed by atoms with van der Waals surface area (Å²) in [5, 5.41) is 7.15. The molecule has 0 saturated heterocycles. The number of rotatable bonds is 2. The summed E-state index contributed by atoms with van der Waals surface area (Å²) in [5.41, 5.74) is 2.77. The van der Waals surface area contributed by atoms with Crippen LogP contribution in [0.4, 0.5) is 24.7 Å². The van der Waals surface area contributed by atoms with Crippen molar-refractivity contribution >= 4 is 17.4 Å². The molecule has 31 heavy (non-hydrogen) atoms. The fourth-order valence-corrected chi connectivity index (χ4v) is 4.51. The van der Waals surface area contributed by atoms with Gasteiger partial charge in [0.2, 0.25) is 0 Å². The molecule has 2 aliphatic rings. The zero-order valence-corrected chi connectivity index (χ0v) is 16.6. The van der Waals surface area contributed by atoms with Crippen LogP contribution in [-0.4, -0.2) is 28.4 Å². The van der Waals surface area contributed by atoms with E-state index in [1.807, 2.05) is 30.3 Å². The van der Waals surface area contributed by atoms with Gasteiger partial charge in [-0.1, -0.05) is 48.5 Å². The monoisotopic (exact) mass is 426 g/mol. The molecule has 2 aromatic carbocycles. The number of anilines is 2. The van der Waals surface area contributed by atoms with E-state index in [1.165, 1.54) is 6.20 Å². The second kappa shape index (κ2) is 7.44. The molecular weight excluding hydrogens is 405 g/mol. The van der Waals surface area contributed by atoms with E-state index < -0.39 is 18.3 Å². The van der Waals surface area contributed by atoms with Crippen molar-refractivity contribution in [1.29, 1.82) is 0 Å². The minimum absolute atomic E-state index is 0.121. The Bertz CT molecular complexity index is 1110. The van der Waals surface area contributed by atoms with Crippen LogP contribution in [0.5, 0.6) is 0 Å². The molecule has 0 aliphatic carbocycles. The smallest absolute Gasteiger partial charge is 0.363 e. The number of benzene rings is 2. The Kier molecular flexibility index (Phi) is 4.72. The highest BCUT2D eigenvalue weighted by Crippen LogP contribution is 2.44. The van der Waals surface area contributed by atoms with Gasteiger partial charge in [-0.15, -0.1) is 0 Å². The summed E-state index contributed by atoms with van der Waals surface area (Å²) < 4.78 is 42.6. The fraction of sp³-hybridized carbons (Fsp3) is 0.304. The lowest BCUT2D eigenvalue weighted by molar-refractivity contribution is -0.173. The molecule has 0 unspecified atom stereocenters. The highest BCUT2D eigenvalue weighted by molar-refractivity contribution is 6.09. The number of nitrogens with zero attached hydrogens (tertiary/aromatic N) is 3. The number of aryl methyl sites for hydroxylation is 1. The third-order valence-electron chi connectivity index (χ3n) is 6.03. The Morgan fingerprint density at radius 2 is 1.81 bits per heavy atom. The number of amides is 1. The molecule has 2 aliphatic heterocycles. The number of carbonyl (C=O) groups excluding carboxylic acids is 1. The van der Waals surface area contributed by atoms with Crippen molar-refractivity contribution < 1.29 is 18.0 Å². The summed E-state index contributed by atoms with van der Waals surface area (Å²) in [6.45, 7) is 0.519. The molecule has 1 aromatic heterocycles. The van der Waals surface area contributed by atoms with Gasteiger partial charge in [0.05, 0.1) is 12.2 Å². The molecule has 5 rings (SSSR count). The minimum Gasteiger partial charge on any atom is -0.363 e. The topological polar surface area (TPSA) is 50.2 Å². The summed E-state index contributed by atoms with van der Waals surface area (Å²) in [5.74, 6) is -0.217. The van der Waals surface area contributed by atoms with Gasteiger partial charge in [0.25, 0.3) is 5.91 Å². The quantitative estimate of drug-likeness (QED) is 0.618. The number of carbonyl (C=O) groups is 1. The van der Waals surface area contributed by atoms with E-state index in [4.69, 9.17) is 0 Å². The third kappa shape index (κ3) is 3.45. The molecule has 2 atom stereocenters. The summed E-state index contributed by atoms with van der Waals surface area (Å²) in [6, 6.07) is 14.3. The molecule has 0 bridgehead atoms. The molecule has 3 heterocycles. The van der Waals surface area contributed by atoms with Crippen LogP contribution < -0.4 is 10.2 Å². The molecule has 3 aromatic rings. The SMILES string of the molecule is O=C(c1cnn2c1N[C@H](c1ccccc1)C[C@@H]2C(F)(F)F)N1CCCc2ccccc21. The fourth-order valence-electron chi connectivity index (χ4n) is 4.51. The van der Waals surface area contributed by atoms with Crippen LogP contribution in [0.2, 0.25) is 0 Å². The third-order valence-corrected chi connectivity index (χ3v) is 6.03. The number of hydrogen-bond donors (Lipinski definition) is 1. The maximum absolute atomic E-state index is 13.9. The Balaban J connectivity index is 1.55. The average Bonchev–Trinajstić information content (AvgIpc) is 3.21. The van der Waals surface area contributed by atoms with E-state index in [1.54, 1.807) is 29.2 Å². The first kappa shape index (κ1) is 19.7. The summed E-state index contributed by atoms with van der Waals surface area (Å²) >= 11 is 0. The van der Waals surface area contributed by atoms with Crippen LogP contribution in [0, 0.1) is 0 Å². The molecule has 0 saturated carbocycles. The molecule has 0 spiro atoms. The Hall–Kier alpha value is -3.29. The van der Waals surface area contributed by atoms with Crippen molar-refractivity contribution in [2.24, 2.45) is 0 Å². The zero-order valence-electron chi connectivity index (χ0n) is 16.6. The van der Waals surface area contributed by atoms with Gasteiger partial charge in [0.15, 0.2) is 6.04 Å². The largest absolute Gasteiger partial charge is 0.410 e. The van der Waals surface area contributed by atoms with Gasteiger partial charge in [-0.25, -0.2) is 4.68 Å². The van der Waals surface area contributed by atoms with Crippen molar-refractivity contribution in [3.05, 3.63) is 77.5 Å². The van der Waals surface area contributed by atoms with Crippen molar-refractivity contribution in [3.8, 4) is 0 Å². The van der Waals surface area contributed by atoms with Gasteiger partial charge in [0.1, 0.15) is 11.4 Å². The van der Waals surface area contributed by atoms with Crippen molar-refractivity contribution in [3.63, 3.8) is 0 Å². The molecule has 5 nitrogen and oxygen atoms in total. The summed E-state index contributed by atoms with van der Waals surface area (Å²) in [7, 11) is 0. The van der Waals surface area contributed by atoms with Gasteiger partial charge in [0, 0.05) is 18.7 Å². The molecular formula is C23H21F3N4O. The van der Waals surface area contributed by atoms with Crippen LogP contribution in [-0.2, 0) is 6.42 Å². The lowest BCUT2D eigenvalue weighted by Gasteiger charge is -2.34. The van der Waals surface area contributed by atoms with E-state index in [2.05, 4.69) is 10.4 Å². The maximum atomic E-state index is 13.9. The zero-order chi connectivity index (χ0) is 21.6. The number of halogens is 3. The van der Waals surface area contributed by atoms with Crippen LogP contribution in [0.25, 0.3) is 0 Å². The molecule has 1 N–H and O–H groups in total. The van der Waals surface area contributed by atoms with E-state index >= 15 is 0 Å². The van der Waals surface area contributed by atoms with Gasteiger partial charge in [-0.05, 0) is 30.0 Å². The molecule has 0 fully saturated rings. The number of hydrogen-bond acceptors (Lipinski definition) is 3. The minimum atomic E-state index is -4.48. The average molecular weight is 426 g/mol. The standard InChI is InChI=1S/C23H21F3N4O/c24-23(25,26)20-13-18(15-7-2-1-3-8-15)28-21-17(14-27-30(20)21)22(31)29-12-6-10-16-9-4-5-11-19(16)29/h1-5,7-9,11,14,18,20,28H,6,10,12-13H2/t18-,20+/m0/s1. The number of para-hydroxylation sites is 1. The van der Waals surface area contributed by atoms with E-state index in [9.17, 15) is 18.0 Å². The number of aromatic nitrogens is 2. The van der Waals surface area contributed by atoms with Crippen LogP contribution in [0.1, 0.15) is 46.4 Å². The first-order valence-electron chi connectivity index (χ1n) is 10.3. The molecule has 0 radical (unpaired) electrons. The van der Waals surface area contributed by atoms with E-state index in [0.717, 1.165) is 34.3 Å². The van der Waals surface area contributed by atoms with Gasteiger partial charge in [-0.2, -0.15) is 18.3 Å². The van der Waals surface area contributed by atoms with Crippen LogP contribution in [0.3, 0.4) is 0 Å². The van der Waals surface area contributed by atoms with Gasteiger partial charge < -0.3 is 10.2 Å². The highest BCUT2D eigenvalue weighted by Gasteiger charge is 2.47. The van der Waals surface area contributed by atoms with Crippen molar-refractivity contribution in [2.75, 3.05) is 16.8 Å². The molecule has 160 valence electrons. The van der Waals surface area contributed by atoms with Crippen LogP contribution >= 0.6 is 0 Å². The van der Waals surface area contributed by atoms with E-state index in [-0.39, 0.29) is 23.7 Å². The predicted octanol–water partition coefficient (Wildman–Crippen LogP) is 5.14. The molecule has 8 heteroatoms. The molecule has 1 amide bonds. The van der Waals surface area contributed by atoms with Crippen molar-refractivity contribution in [1.82, 2.24) is 9.78 Å². The van der Waals surface area contributed by atoms with Crippen LogP contribution in [0.15, 0.2) is 60.8 Å². The Labute approximate surface area is 177 Å². The number of nitrogens with one attached hydrogen (secondary N) is 1. The highest BCUT2D eigenvalue weighted by atomic mass is 19.4. The first-order chi connectivity index (χ1) is 14.9. The summed E-state index contributed by atoms with van der Waals surface area (Å²) in [4.78, 5) is 15.1. The van der Waals surface area contributed by atoms with Gasteiger partial charge in [-0.3, -0.25) is 4.79 Å². The second-order valence-electron chi connectivity index (χ2n) is 7.94. The lowest BCUT2D eigenvalue weighted by Crippen LogP contribution is -2.38. The summed E-state index contributed by atoms with van der Waals surface area (Å²) in [6.07, 6.45) is -1.74. The number of alkyl halides is 3. The number of fused-ring (bicyclic) bond motifs is 2. The van der Waals surface area contributed by atoms with E-state index in [0.29, 0.717) is 6.54 Å². The van der Waals surface area contributed by atoms with Crippen molar-refractivity contribution in [2.45, 2.75) is 37.5 Å². The lowest BCUT2D eigenvalue weighted by atomic mass is 9.96.